The third kappa shape index (κ3) is 6.67. The van der Waals surface area contributed by atoms with E-state index < -0.39 is 48.5 Å². The molecule has 0 saturated carbocycles. The second kappa shape index (κ2) is 11.0. The highest BCUT2D eigenvalue weighted by Crippen LogP contribution is 2.35. The van der Waals surface area contributed by atoms with Crippen molar-refractivity contribution in [1.29, 1.82) is 0 Å². The molecule has 1 aliphatic heterocycles. The van der Waals surface area contributed by atoms with Gasteiger partial charge in [-0.1, -0.05) is 12.1 Å². The highest BCUT2D eigenvalue weighted by atomic mass is 19.4. The molecular formula is C22H21F4N3O5. The molecule has 8 nitrogen and oxygen atoms in total. The number of hydrogen-bond donors (Lipinski definition) is 2. The molecule has 0 atom stereocenters. The Kier molecular flexibility index (Phi) is 8.05. The van der Waals surface area contributed by atoms with Crippen LogP contribution in [0.5, 0.6) is 0 Å². The quantitative estimate of drug-likeness (QED) is 0.464. The number of halogens is 4. The number of anilines is 2. The van der Waals surface area contributed by atoms with Crippen molar-refractivity contribution < 1.29 is 41.4 Å². The van der Waals surface area contributed by atoms with Crippen molar-refractivity contribution in [2.75, 3.05) is 49.7 Å². The summed E-state index contributed by atoms with van der Waals surface area (Å²) in [6.45, 7) is 0.168. The number of alkyl halides is 3. The first-order valence-electron chi connectivity index (χ1n) is 10.2. The van der Waals surface area contributed by atoms with E-state index in [9.17, 15) is 31.9 Å². The lowest BCUT2D eigenvalue weighted by atomic mass is 10.1. The molecule has 1 fully saturated rings. The molecule has 2 N–H and O–H groups in total. The number of carbonyl (C=O) groups excluding carboxylic acids is 3. The molecule has 1 saturated heterocycles. The van der Waals surface area contributed by atoms with E-state index in [0.29, 0.717) is 32.0 Å². The van der Waals surface area contributed by atoms with E-state index in [-0.39, 0.29) is 11.3 Å². The topological polar surface area (TPSA) is 97.0 Å². The lowest BCUT2D eigenvalue weighted by Gasteiger charge is -2.31. The minimum atomic E-state index is -4.62. The highest BCUT2D eigenvalue weighted by molar-refractivity contribution is 5.97. The Morgan fingerprint density at radius 2 is 1.76 bits per heavy atom. The second-order valence-corrected chi connectivity index (χ2v) is 7.20. The molecule has 3 rings (SSSR count). The maximum Gasteiger partial charge on any atom is 0.416 e. The summed E-state index contributed by atoms with van der Waals surface area (Å²) in [6, 6.07) is 8.13. The molecule has 0 aromatic heterocycles. The Morgan fingerprint density at radius 3 is 2.44 bits per heavy atom. The molecule has 0 aliphatic carbocycles. The maximum atomic E-state index is 13.6. The van der Waals surface area contributed by atoms with Crippen molar-refractivity contribution >= 4 is 29.2 Å². The number of amides is 2. The third-order valence-electron chi connectivity index (χ3n) is 4.83. The Labute approximate surface area is 191 Å². The predicted molar refractivity (Wildman–Crippen MR) is 113 cm³/mol. The van der Waals surface area contributed by atoms with Crippen LogP contribution >= 0.6 is 0 Å². The molecule has 2 aromatic rings. The molecule has 0 spiro atoms. The Morgan fingerprint density at radius 1 is 1.06 bits per heavy atom. The van der Waals surface area contributed by atoms with Gasteiger partial charge in [0.25, 0.3) is 11.8 Å². The number of ether oxygens (including phenoxy) is 2. The van der Waals surface area contributed by atoms with E-state index in [1.165, 1.54) is 24.3 Å². The summed E-state index contributed by atoms with van der Waals surface area (Å²) < 4.78 is 63.1. The van der Waals surface area contributed by atoms with Crippen molar-refractivity contribution in [3.63, 3.8) is 0 Å². The Hall–Kier alpha value is -3.67. The van der Waals surface area contributed by atoms with Gasteiger partial charge >= 0.3 is 12.1 Å². The van der Waals surface area contributed by atoms with Gasteiger partial charge in [-0.25, -0.2) is 4.39 Å². The molecule has 2 amide bonds. The molecule has 0 radical (unpaired) electrons. The van der Waals surface area contributed by atoms with Crippen LogP contribution in [0.2, 0.25) is 0 Å². The van der Waals surface area contributed by atoms with Crippen molar-refractivity contribution in [1.82, 2.24) is 5.32 Å². The smallest absolute Gasteiger partial charge is 0.416 e. The van der Waals surface area contributed by atoms with Gasteiger partial charge in [-0.05, 0) is 30.3 Å². The van der Waals surface area contributed by atoms with E-state index in [0.717, 1.165) is 18.2 Å². The predicted octanol–water partition coefficient (Wildman–Crippen LogP) is 2.59. The van der Waals surface area contributed by atoms with Gasteiger partial charge in [0.2, 0.25) is 0 Å². The number of hydrogen-bond acceptors (Lipinski definition) is 6. The number of morpholine rings is 1. The van der Waals surface area contributed by atoms with E-state index >= 15 is 0 Å². The van der Waals surface area contributed by atoms with Crippen LogP contribution < -0.4 is 15.5 Å². The summed E-state index contributed by atoms with van der Waals surface area (Å²) in [6.07, 6.45) is -4.62. The number of benzene rings is 2. The fourth-order valence-electron chi connectivity index (χ4n) is 3.17. The van der Waals surface area contributed by atoms with Crippen LogP contribution in [-0.2, 0) is 25.2 Å². The molecule has 1 heterocycles. The summed E-state index contributed by atoms with van der Waals surface area (Å²) in [4.78, 5) is 37.8. The van der Waals surface area contributed by atoms with Crippen LogP contribution in [0, 0.1) is 5.82 Å². The largest absolute Gasteiger partial charge is 0.454 e. The number of nitrogens with one attached hydrogen (secondary N) is 2. The van der Waals surface area contributed by atoms with Gasteiger partial charge in [0.1, 0.15) is 12.4 Å². The summed E-state index contributed by atoms with van der Waals surface area (Å²) in [5.41, 5.74) is -0.945. The van der Waals surface area contributed by atoms with Gasteiger partial charge in [-0.2, -0.15) is 13.2 Å². The van der Waals surface area contributed by atoms with Crippen LogP contribution in [0.25, 0.3) is 0 Å². The fourth-order valence-corrected chi connectivity index (χ4v) is 3.17. The van der Waals surface area contributed by atoms with E-state index in [1.807, 2.05) is 0 Å². The first kappa shape index (κ1) is 25.0. The summed E-state index contributed by atoms with van der Waals surface area (Å²) in [5.74, 6) is -3.48. The Bertz CT molecular complexity index is 1060. The van der Waals surface area contributed by atoms with E-state index in [2.05, 4.69) is 10.6 Å². The van der Waals surface area contributed by atoms with Crippen molar-refractivity contribution in [2.45, 2.75) is 6.18 Å². The summed E-state index contributed by atoms with van der Waals surface area (Å²) in [7, 11) is 0. The minimum absolute atomic E-state index is 0.0920. The molecular weight excluding hydrogens is 462 g/mol. The Balaban J connectivity index is 1.58. The molecule has 182 valence electrons. The highest BCUT2D eigenvalue weighted by Gasteiger charge is 2.32. The lowest BCUT2D eigenvalue weighted by molar-refractivity contribution is -0.146. The average molecular weight is 483 g/mol. The van der Waals surface area contributed by atoms with Crippen LogP contribution in [-0.4, -0.2) is 57.2 Å². The molecule has 1 aliphatic rings. The maximum absolute atomic E-state index is 13.6. The zero-order valence-corrected chi connectivity index (χ0v) is 17.8. The van der Waals surface area contributed by atoms with Crippen LogP contribution in [0.4, 0.5) is 28.9 Å². The van der Waals surface area contributed by atoms with Gasteiger partial charge in [0.05, 0.1) is 35.7 Å². The van der Waals surface area contributed by atoms with Crippen molar-refractivity contribution in [3.05, 3.63) is 59.4 Å². The lowest BCUT2D eigenvalue weighted by Crippen LogP contribution is -2.37. The van der Waals surface area contributed by atoms with Crippen LogP contribution in [0.3, 0.4) is 0 Å². The molecule has 0 unspecified atom stereocenters. The molecule has 2 aromatic carbocycles. The van der Waals surface area contributed by atoms with Gasteiger partial charge in [-0.15, -0.1) is 0 Å². The zero-order valence-electron chi connectivity index (χ0n) is 17.8. The normalized spacial score (nSPS) is 13.8. The molecule has 0 bridgehead atoms. The van der Waals surface area contributed by atoms with Crippen LogP contribution in [0.1, 0.15) is 15.9 Å². The zero-order chi connectivity index (χ0) is 24.7. The number of rotatable bonds is 7. The molecule has 34 heavy (non-hydrogen) atoms. The fraction of sp³-hybridized carbons (Fsp3) is 0.318. The second-order valence-electron chi connectivity index (χ2n) is 7.20. The van der Waals surface area contributed by atoms with Gasteiger partial charge in [0, 0.05) is 13.1 Å². The molecule has 12 heteroatoms. The van der Waals surface area contributed by atoms with Crippen molar-refractivity contribution in [2.24, 2.45) is 0 Å². The first-order chi connectivity index (χ1) is 16.1. The minimum Gasteiger partial charge on any atom is -0.454 e. The SMILES string of the molecule is O=C(COC(=O)CNC(=O)c1ccccc1F)Nc1cc(C(F)(F)F)ccc1N1CCOCC1. The van der Waals surface area contributed by atoms with Crippen LogP contribution in [0.15, 0.2) is 42.5 Å². The first-order valence-corrected chi connectivity index (χ1v) is 10.2. The standard InChI is InChI=1S/C22H21F4N3O5/c23-16-4-2-1-3-15(16)21(32)27-12-20(31)34-13-19(30)28-17-11-14(22(24,25)26)5-6-18(17)29-7-9-33-10-8-29/h1-6,11H,7-10,12-13H2,(H,27,32)(H,28,30). The number of esters is 1. The van der Waals surface area contributed by atoms with E-state index in [4.69, 9.17) is 9.47 Å². The van der Waals surface area contributed by atoms with Gasteiger partial charge < -0.3 is 25.0 Å². The van der Waals surface area contributed by atoms with Gasteiger partial charge in [0.15, 0.2) is 6.61 Å². The monoisotopic (exact) mass is 483 g/mol. The third-order valence-corrected chi connectivity index (χ3v) is 4.83. The number of nitrogens with zero attached hydrogens (tertiary/aromatic N) is 1. The van der Waals surface area contributed by atoms with E-state index in [1.54, 1.807) is 4.90 Å². The summed E-state index contributed by atoms with van der Waals surface area (Å²) >= 11 is 0. The number of carbonyl (C=O) groups is 3. The van der Waals surface area contributed by atoms with Gasteiger partial charge in [-0.3, -0.25) is 14.4 Å². The average Bonchev–Trinajstić information content (AvgIpc) is 2.81. The van der Waals surface area contributed by atoms with Crippen molar-refractivity contribution in [3.8, 4) is 0 Å². The summed E-state index contributed by atoms with van der Waals surface area (Å²) in [5, 5.41) is 4.50.